The first-order valence-electron chi connectivity index (χ1n) is 6.65. The van der Waals surface area contributed by atoms with Crippen molar-refractivity contribution in [2.45, 2.75) is 13.8 Å². The van der Waals surface area contributed by atoms with Gasteiger partial charge in [0.25, 0.3) is 11.6 Å². The fourth-order valence-electron chi connectivity index (χ4n) is 2.04. The Morgan fingerprint density at radius 1 is 1.50 bits per heavy atom. The second kappa shape index (κ2) is 6.25. The summed E-state index contributed by atoms with van der Waals surface area (Å²) >= 11 is 0. The maximum Gasteiger partial charge on any atom is 0.296 e. The van der Waals surface area contributed by atoms with E-state index in [1.54, 1.807) is 33.2 Å². The fourth-order valence-corrected chi connectivity index (χ4v) is 2.04. The molecule has 0 fully saturated rings. The third-order valence-corrected chi connectivity index (χ3v) is 2.98. The molecule has 0 saturated heterocycles. The lowest BCUT2D eigenvalue weighted by Crippen LogP contribution is -2.13. The maximum absolute atomic E-state index is 12.2. The van der Waals surface area contributed by atoms with Crippen molar-refractivity contribution < 1.29 is 14.5 Å². The Kier molecular flexibility index (Phi) is 4.40. The first-order chi connectivity index (χ1) is 10.4. The van der Waals surface area contributed by atoms with Gasteiger partial charge in [-0.05, 0) is 26.0 Å². The van der Waals surface area contributed by atoms with E-state index in [1.807, 2.05) is 0 Å². The second-order valence-corrected chi connectivity index (χ2v) is 4.63. The van der Waals surface area contributed by atoms with Crippen molar-refractivity contribution in [3.63, 3.8) is 0 Å². The molecule has 2 aromatic rings. The number of hydrogen-bond donors (Lipinski definition) is 1. The van der Waals surface area contributed by atoms with Gasteiger partial charge in [-0.1, -0.05) is 0 Å². The minimum atomic E-state index is -0.561. The highest BCUT2D eigenvalue weighted by Gasteiger charge is 2.20. The van der Waals surface area contributed by atoms with Gasteiger partial charge in [-0.3, -0.25) is 19.6 Å². The van der Waals surface area contributed by atoms with E-state index >= 15 is 0 Å². The van der Waals surface area contributed by atoms with Crippen LogP contribution < -0.4 is 10.1 Å². The number of ether oxygens (including phenoxy) is 1. The van der Waals surface area contributed by atoms with Crippen molar-refractivity contribution in [3.8, 4) is 5.75 Å². The Morgan fingerprint density at radius 3 is 2.77 bits per heavy atom. The molecule has 8 heteroatoms. The van der Waals surface area contributed by atoms with E-state index in [1.165, 1.54) is 16.8 Å². The predicted molar refractivity (Wildman–Crippen MR) is 80.2 cm³/mol. The molecule has 0 saturated carbocycles. The predicted octanol–water partition coefficient (Wildman–Crippen LogP) is 2.29. The highest BCUT2D eigenvalue weighted by molar-refractivity contribution is 6.06. The molecule has 2 rings (SSSR count). The average molecular weight is 304 g/mol. The first-order valence-corrected chi connectivity index (χ1v) is 6.65. The van der Waals surface area contributed by atoms with Crippen molar-refractivity contribution in [3.05, 3.63) is 45.8 Å². The van der Waals surface area contributed by atoms with Crippen LogP contribution in [-0.2, 0) is 7.05 Å². The molecule has 116 valence electrons. The highest BCUT2D eigenvalue weighted by atomic mass is 16.6. The van der Waals surface area contributed by atoms with E-state index in [4.69, 9.17) is 4.74 Å². The summed E-state index contributed by atoms with van der Waals surface area (Å²) in [5, 5.41) is 17.8. The van der Waals surface area contributed by atoms with Crippen LogP contribution in [0.15, 0.2) is 24.4 Å². The van der Waals surface area contributed by atoms with Crippen LogP contribution in [0.1, 0.15) is 23.0 Å². The van der Waals surface area contributed by atoms with Gasteiger partial charge < -0.3 is 10.1 Å². The van der Waals surface area contributed by atoms with E-state index in [0.717, 1.165) is 0 Å². The zero-order valence-corrected chi connectivity index (χ0v) is 12.5. The van der Waals surface area contributed by atoms with E-state index in [0.29, 0.717) is 23.6 Å². The molecule has 0 aliphatic rings. The van der Waals surface area contributed by atoms with Crippen LogP contribution in [0.5, 0.6) is 5.75 Å². The Labute approximate surface area is 126 Å². The zero-order valence-electron chi connectivity index (χ0n) is 12.5. The van der Waals surface area contributed by atoms with Crippen LogP contribution in [0.25, 0.3) is 0 Å². The van der Waals surface area contributed by atoms with Crippen LogP contribution in [0.3, 0.4) is 0 Å². The third-order valence-electron chi connectivity index (χ3n) is 2.98. The van der Waals surface area contributed by atoms with Gasteiger partial charge >= 0.3 is 0 Å². The number of rotatable bonds is 5. The summed E-state index contributed by atoms with van der Waals surface area (Å²) in [5.41, 5.74) is 0.807. The maximum atomic E-state index is 12.2. The lowest BCUT2D eigenvalue weighted by atomic mass is 10.2. The van der Waals surface area contributed by atoms with Crippen molar-refractivity contribution in [2.24, 2.45) is 7.05 Å². The molecule has 1 aromatic carbocycles. The van der Waals surface area contributed by atoms with Gasteiger partial charge in [0, 0.05) is 13.2 Å². The molecule has 0 bridgehead atoms. The number of nitro benzene ring substituents is 1. The number of carbonyl (C=O) groups is 1. The molecule has 0 radical (unpaired) electrons. The van der Waals surface area contributed by atoms with Crippen molar-refractivity contribution in [1.82, 2.24) is 9.78 Å². The quantitative estimate of drug-likeness (QED) is 0.675. The summed E-state index contributed by atoms with van der Waals surface area (Å²) in [7, 11) is 1.70. The number of nitro groups is 1. The average Bonchev–Trinajstić information content (AvgIpc) is 2.79. The lowest BCUT2D eigenvalue weighted by molar-refractivity contribution is -0.384. The third kappa shape index (κ3) is 3.22. The van der Waals surface area contributed by atoms with Gasteiger partial charge in [0.15, 0.2) is 0 Å². The summed E-state index contributed by atoms with van der Waals surface area (Å²) in [5.74, 6) is -0.0670. The van der Waals surface area contributed by atoms with Gasteiger partial charge in [-0.2, -0.15) is 5.10 Å². The van der Waals surface area contributed by atoms with Crippen LogP contribution in [0.2, 0.25) is 0 Å². The molecule has 0 unspecified atom stereocenters. The number of nitrogens with one attached hydrogen (secondary N) is 1. The Hall–Kier alpha value is -2.90. The van der Waals surface area contributed by atoms with E-state index in [9.17, 15) is 14.9 Å². The summed E-state index contributed by atoms with van der Waals surface area (Å²) in [6, 6.07) is 4.31. The number of nitrogens with zero attached hydrogens (tertiary/aromatic N) is 3. The smallest absolute Gasteiger partial charge is 0.296 e. The largest absolute Gasteiger partial charge is 0.494 e. The summed E-state index contributed by atoms with van der Waals surface area (Å²) in [6.45, 7) is 3.88. The minimum Gasteiger partial charge on any atom is -0.494 e. The summed E-state index contributed by atoms with van der Waals surface area (Å²) in [6.07, 6.45) is 1.56. The molecule has 1 N–H and O–H groups in total. The monoisotopic (exact) mass is 304 g/mol. The molecule has 1 heterocycles. The van der Waals surface area contributed by atoms with Crippen LogP contribution in [-0.4, -0.2) is 27.2 Å². The van der Waals surface area contributed by atoms with Crippen LogP contribution in [0.4, 0.5) is 11.4 Å². The molecule has 0 aliphatic carbocycles. The first kappa shape index (κ1) is 15.5. The Balaban J connectivity index is 2.30. The van der Waals surface area contributed by atoms with Crippen LogP contribution >= 0.6 is 0 Å². The number of benzene rings is 1. The van der Waals surface area contributed by atoms with Gasteiger partial charge in [-0.15, -0.1) is 0 Å². The number of anilines is 1. The van der Waals surface area contributed by atoms with Gasteiger partial charge in [0.1, 0.15) is 11.4 Å². The molecule has 0 atom stereocenters. The van der Waals surface area contributed by atoms with Gasteiger partial charge in [0.2, 0.25) is 0 Å². The number of carbonyl (C=O) groups excluding carboxylic acids is 1. The number of aromatic nitrogens is 2. The minimum absolute atomic E-state index is 0.113. The second-order valence-electron chi connectivity index (χ2n) is 4.63. The van der Waals surface area contributed by atoms with Gasteiger partial charge in [0.05, 0.1) is 28.9 Å². The van der Waals surface area contributed by atoms with Crippen molar-refractivity contribution in [2.75, 3.05) is 11.9 Å². The van der Waals surface area contributed by atoms with E-state index in [-0.39, 0.29) is 11.4 Å². The highest BCUT2D eigenvalue weighted by Crippen LogP contribution is 2.29. The van der Waals surface area contributed by atoms with Gasteiger partial charge in [-0.25, -0.2) is 0 Å². The molecule has 1 amide bonds. The van der Waals surface area contributed by atoms with Crippen molar-refractivity contribution in [1.29, 1.82) is 0 Å². The Morgan fingerprint density at radius 2 is 2.23 bits per heavy atom. The molecule has 0 aliphatic heterocycles. The fraction of sp³-hybridized carbons (Fsp3) is 0.286. The number of amides is 1. The number of aryl methyl sites for hydroxylation is 2. The van der Waals surface area contributed by atoms with E-state index < -0.39 is 10.8 Å². The Bertz CT molecular complexity index is 724. The summed E-state index contributed by atoms with van der Waals surface area (Å²) < 4.78 is 6.74. The standard InChI is InChI=1S/C14H16N4O4/c1-4-22-10-5-6-12(13(7-10)18(20)21)15-14(19)11-8-17(3)16-9(11)2/h5-8H,4H2,1-3H3,(H,15,19). The van der Waals surface area contributed by atoms with E-state index in [2.05, 4.69) is 10.4 Å². The molecular formula is C14H16N4O4. The van der Waals surface area contributed by atoms with Crippen LogP contribution in [0, 0.1) is 17.0 Å². The molecule has 0 spiro atoms. The lowest BCUT2D eigenvalue weighted by Gasteiger charge is -2.08. The molecular weight excluding hydrogens is 288 g/mol. The number of hydrogen-bond acceptors (Lipinski definition) is 5. The normalized spacial score (nSPS) is 10.3. The SMILES string of the molecule is CCOc1ccc(NC(=O)c2cn(C)nc2C)c([N+](=O)[O-])c1. The molecule has 22 heavy (non-hydrogen) atoms. The van der Waals surface area contributed by atoms with Crippen molar-refractivity contribution >= 4 is 17.3 Å². The topological polar surface area (TPSA) is 99.3 Å². The summed E-state index contributed by atoms with van der Waals surface area (Å²) in [4.78, 5) is 22.8. The molecule has 1 aromatic heterocycles. The molecule has 8 nitrogen and oxygen atoms in total. The zero-order chi connectivity index (χ0) is 16.3.